The number of amides is 1. The first kappa shape index (κ1) is 15.1. The van der Waals surface area contributed by atoms with Gasteiger partial charge in [-0.25, -0.2) is 0 Å². The van der Waals surface area contributed by atoms with Crippen LogP contribution in [-0.4, -0.2) is 25.2 Å². The largest absolute Gasteiger partial charge is 0.380 e. The summed E-state index contributed by atoms with van der Waals surface area (Å²) in [5.41, 5.74) is 0.600. The molecule has 0 radical (unpaired) electrons. The van der Waals surface area contributed by atoms with E-state index in [-0.39, 0.29) is 11.9 Å². The fraction of sp³-hybridized carbons (Fsp3) is 0.500. The number of thiol groups is 1. The Hall–Kier alpha value is -1.00. The summed E-state index contributed by atoms with van der Waals surface area (Å²) in [7, 11) is 0. The van der Waals surface area contributed by atoms with E-state index in [4.69, 9.17) is 4.74 Å². The van der Waals surface area contributed by atoms with Crippen LogP contribution in [0.5, 0.6) is 0 Å². The molecule has 0 bridgehead atoms. The highest BCUT2D eigenvalue weighted by Crippen LogP contribution is 2.13. The lowest BCUT2D eigenvalue weighted by molar-refractivity contribution is 0.0804. The van der Waals surface area contributed by atoms with Gasteiger partial charge in [-0.15, -0.1) is 12.6 Å². The highest BCUT2D eigenvalue weighted by molar-refractivity contribution is 7.80. The molecule has 0 saturated carbocycles. The fourth-order valence-electron chi connectivity index (χ4n) is 1.56. The van der Waals surface area contributed by atoms with E-state index >= 15 is 0 Å². The lowest BCUT2D eigenvalue weighted by Gasteiger charge is -2.22. The monoisotopic (exact) mass is 267 g/mol. The van der Waals surface area contributed by atoms with E-state index in [2.05, 4.69) is 31.8 Å². The van der Waals surface area contributed by atoms with Crippen molar-refractivity contribution >= 4 is 18.5 Å². The molecule has 1 aromatic rings. The molecule has 4 heteroatoms. The summed E-state index contributed by atoms with van der Waals surface area (Å²) < 4.78 is 5.39. The minimum Gasteiger partial charge on any atom is -0.380 e. The Bertz CT molecular complexity index is 393. The number of hydrogen-bond acceptors (Lipinski definition) is 3. The molecule has 100 valence electrons. The minimum absolute atomic E-state index is 0.0189. The number of hydrogen-bond donors (Lipinski definition) is 2. The smallest absolute Gasteiger partial charge is 0.252 e. The summed E-state index contributed by atoms with van der Waals surface area (Å²) in [6.45, 7) is 7.27. The van der Waals surface area contributed by atoms with Crippen LogP contribution >= 0.6 is 12.6 Å². The first-order valence-electron chi connectivity index (χ1n) is 6.22. The van der Waals surface area contributed by atoms with E-state index in [1.165, 1.54) is 0 Å². The molecule has 1 amide bonds. The Morgan fingerprint density at radius 2 is 2.06 bits per heavy atom. The average molecular weight is 267 g/mol. The van der Waals surface area contributed by atoms with Gasteiger partial charge in [-0.2, -0.15) is 0 Å². The second-order valence-electron chi connectivity index (χ2n) is 4.50. The molecule has 0 heterocycles. The summed E-state index contributed by atoms with van der Waals surface area (Å²) in [6.07, 6.45) is 0. The van der Waals surface area contributed by atoms with Gasteiger partial charge in [-0.05, 0) is 25.0 Å². The lowest BCUT2D eigenvalue weighted by atomic mass is 10.0. The second-order valence-corrected chi connectivity index (χ2v) is 4.98. The molecule has 1 rings (SSSR count). The Balaban J connectivity index is 2.69. The third-order valence-electron chi connectivity index (χ3n) is 2.77. The summed E-state index contributed by atoms with van der Waals surface area (Å²) in [6, 6.07) is 7.30. The summed E-state index contributed by atoms with van der Waals surface area (Å²) >= 11 is 4.29. The van der Waals surface area contributed by atoms with Crippen LogP contribution in [0.3, 0.4) is 0 Å². The maximum Gasteiger partial charge on any atom is 0.252 e. The molecule has 3 nitrogen and oxygen atoms in total. The van der Waals surface area contributed by atoms with Crippen molar-refractivity contribution in [3.63, 3.8) is 0 Å². The van der Waals surface area contributed by atoms with Gasteiger partial charge in [0, 0.05) is 11.5 Å². The van der Waals surface area contributed by atoms with Gasteiger partial charge in [0.2, 0.25) is 0 Å². The van der Waals surface area contributed by atoms with E-state index in [1.807, 2.05) is 25.1 Å². The molecule has 18 heavy (non-hydrogen) atoms. The van der Waals surface area contributed by atoms with Gasteiger partial charge in [0.25, 0.3) is 5.91 Å². The van der Waals surface area contributed by atoms with Crippen LogP contribution in [0.25, 0.3) is 0 Å². The molecule has 0 spiro atoms. The Labute approximate surface area is 114 Å². The molecule has 0 aliphatic rings. The van der Waals surface area contributed by atoms with Crippen molar-refractivity contribution in [2.45, 2.75) is 31.7 Å². The van der Waals surface area contributed by atoms with Crippen molar-refractivity contribution in [1.29, 1.82) is 0 Å². The van der Waals surface area contributed by atoms with E-state index in [0.29, 0.717) is 29.6 Å². The van der Waals surface area contributed by atoms with Crippen LogP contribution in [-0.2, 0) is 4.74 Å². The van der Waals surface area contributed by atoms with Gasteiger partial charge in [0.05, 0.1) is 18.2 Å². The fourth-order valence-corrected chi connectivity index (χ4v) is 1.82. The van der Waals surface area contributed by atoms with Crippen LogP contribution in [0.15, 0.2) is 29.2 Å². The Morgan fingerprint density at radius 3 is 2.61 bits per heavy atom. The quantitative estimate of drug-likeness (QED) is 0.778. The van der Waals surface area contributed by atoms with Crippen molar-refractivity contribution in [3.05, 3.63) is 29.8 Å². The van der Waals surface area contributed by atoms with E-state index < -0.39 is 0 Å². The van der Waals surface area contributed by atoms with Crippen molar-refractivity contribution < 1.29 is 9.53 Å². The maximum absolute atomic E-state index is 12.1. The third-order valence-corrected chi connectivity index (χ3v) is 3.16. The SMILES string of the molecule is CCOCC(NC(=O)c1ccccc1S)C(C)C. The number of ether oxygens (including phenoxy) is 1. The molecule has 1 aromatic carbocycles. The molecule has 0 aliphatic carbocycles. The zero-order valence-corrected chi connectivity index (χ0v) is 12.0. The molecule has 0 aliphatic heterocycles. The van der Waals surface area contributed by atoms with Gasteiger partial charge >= 0.3 is 0 Å². The van der Waals surface area contributed by atoms with Crippen molar-refractivity contribution in [3.8, 4) is 0 Å². The minimum atomic E-state index is -0.0981. The zero-order valence-electron chi connectivity index (χ0n) is 11.1. The van der Waals surface area contributed by atoms with E-state index in [1.54, 1.807) is 6.07 Å². The molecule has 1 atom stereocenters. The summed E-state index contributed by atoms with van der Waals surface area (Å²) in [4.78, 5) is 12.8. The molecule has 0 saturated heterocycles. The van der Waals surface area contributed by atoms with E-state index in [0.717, 1.165) is 0 Å². The summed E-state index contributed by atoms with van der Waals surface area (Å²) in [5.74, 6) is 0.228. The third kappa shape index (κ3) is 4.35. The van der Waals surface area contributed by atoms with Gasteiger partial charge in [0.15, 0.2) is 0 Å². The van der Waals surface area contributed by atoms with Crippen LogP contribution in [0.4, 0.5) is 0 Å². The standard InChI is InChI=1S/C14H21NO2S/c1-4-17-9-12(10(2)3)15-14(16)11-7-5-6-8-13(11)18/h5-8,10,12,18H,4,9H2,1-3H3,(H,15,16). The van der Waals surface area contributed by atoms with Crippen LogP contribution in [0.2, 0.25) is 0 Å². The average Bonchev–Trinajstić information content (AvgIpc) is 2.34. The molecule has 1 N–H and O–H groups in total. The summed E-state index contributed by atoms with van der Waals surface area (Å²) in [5, 5.41) is 3.00. The first-order valence-corrected chi connectivity index (χ1v) is 6.67. The highest BCUT2D eigenvalue weighted by atomic mass is 32.1. The Kier molecular flexibility index (Phi) is 6.22. The molecular weight excluding hydrogens is 246 g/mol. The van der Waals surface area contributed by atoms with E-state index in [9.17, 15) is 4.79 Å². The predicted octanol–water partition coefficient (Wildman–Crippen LogP) is 2.77. The number of carbonyl (C=O) groups excluding carboxylic acids is 1. The van der Waals surface area contributed by atoms with Gasteiger partial charge < -0.3 is 10.1 Å². The number of rotatable bonds is 6. The maximum atomic E-state index is 12.1. The van der Waals surface area contributed by atoms with Crippen LogP contribution in [0.1, 0.15) is 31.1 Å². The molecular formula is C14H21NO2S. The molecule has 1 unspecified atom stereocenters. The number of benzene rings is 1. The normalized spacial score (nSPS) is 12.5. The topological polar surface area (TPSA) is 38.3 Å². The van der Waals surface area contributed by atoms with Crippen molar-refractivity contribution in [1.82, 2.24) is 5.32 Å². The van der Waals surface area contributed by atoms with Gasteiger partial charge in [0.1, 0.15) is 0 Å². The van der Waals surface area contributed by atoms with Crippen LogP contribution < -0.4 is 5.32 Å². The van der Waals surface area contributed by atoms with Crippen LogP contribution in [0, 0.1) is 5.92 Å². The second kappa shape index (κ2) is 7.44. The molecule has 0 fully saturated rings. The number of carbonyl (C=O) groups is 1. The molecule has 0 aromatic heterocycles. The predicted molar refractivity (Wildman–Crippen MR) is 76.3 cm³/mol. The Morgan fingerprint density at radius 1 is 1.39 bits per heavy atom. The van der Waals surface area contributed by atoms with Crippen molar-refractivity contribution in [2.24, 2.45) is 5.92 Å². The van der Waals surface area contributed by atoms with Crippen molar-refractivity contribution in [2.75, 3.05) is 13.2 Å². The number of nitrogens with one attached hydrogen (secondary N) is 1. The zero-order chi connectivity index (χ0) is 13.5. The highest BCUT2D eigenvalue weighted by Gasteiger charge is 2.18. The van der Waals surface area contributed by atoms with Gasteiger partial charge in [-0.1, -0.05) is 26.0 Å². The first-order chi connectivity index (χ1) is 8.56. The lowest BCUT2D eigenvalue weighted by Crippen LogP contribution is -2.42. The van der Waals surface area contributed by atoms with Gasteiger partial charge in [-0.3, -0.25) is 4.79 Å².